The molecule has 3 N–H and O–H groups in total. The van der Waals surface area contributed by atoms with Crippen LogP contribution in [0.3, 0.4) is 0 Å². The van der Waals surface area contributed by atoms with E-state index in [1.54, 1.807) is 26.0 Å². The normalized spacial score (nSPS) is 12.8. The number of methoxy groups -OCH3 is 1. The second-order valence-corrected chi connectivity index (χ2v) is 6.34. The zero-order valence-electron chi connectivity index (χ0n) is 11.4. The van der Waals surface area contributed by atoms with Crippen molar-refractivity contribution in [2.24, 2.45) is 0 Å². The molecule has 0 spiro atoms. The SMILES string of the molecule is COC(=O)C(C)S(=O)(=O)Nc1cc(C)c(N)cc1C. The number of nitrogens with two attached hydrogens (primary N) is 1. The number of hydrogen-bond acceptors (Lipinski definition) is 5. The predicted molar refractivity (Wildman–Crippen MR) is 74.3 cm³/mol. The summed E-state index contributed by atoms with van der Waals surface area (Å²) < 4.78 is 30.8. The molecule has 1 rings (SSSR count). The second-order valence-electron chi connectivity index (χ2n) is 4.34. The van der Waals surface area contributed by atoms with Crippen LogP contribution in [0.25, 0.3) is 0 Å². The maximum Gasteiger partial charge on any atom is 0.325 e. The molecule has 0 heterocycles. The molecule has 0 fully saturated rings. The van der Waals surface area contributed by atoms with Gasteiger partial charge in [-0.2, -0.15) is 0 Å². The second kappa shape index (κ2) is 5.48. The molecule has 7 heteroatoms. The molecule has 0 radical (unpaired) electrons. The Kier molecular flexibility index (Phi) is 4.41. The number of esters is 1. The lowest BCUT2D eigenvalue weighted by atomic mass is 10.1. The van der Waals surface area contributed by atoms with Gasteiger partial charge < -0.3 is 10.5 Å². The van der Waals surface area contributed by atoms with Crippen LogP contribution in [0.4, 0.5) is 11.4 Å². The Hall–Kier alpha value is -1.76. The number of anilines is 2. The molecule has 19 heavy (non-hydrogen) atoms. The minimum absolute atomic E-state index is 0.405. The van der Waals surface area contributed by atoms with E-state index in [1.165, 1.54) is 6.92 Å². The van der Waals surface area contributed by atoms with Crippen LogP contribution in [0.5, 0.6) is 0 Å². The van der Waals surface area contributed by atoms with E-state index >= 15 is 0 Å². The first-order valence-corrected chi connectivity index (χ1v) is 7.20. The number of aryl methyl sites for hydroxylation is 2. The molecule has 1 aromatic rings. The third-order valence-electron chi connectivity index (χ3n) is 2.86. The first kappa shape index (κ1) is 15.3. The van der Waals surface area contributed by atoms with E-state index in [-0.39, 0.29) is 0 Å². The van der Waals surface area contributed by atoms with Crippen LogP contribution < -0.4 is 10.5 Å². The summed E-state index contributed by atoms with van der Waals surface area (Å²) >= 11 is 0. The standard InChI is InChI=1S/C12H18N2O4S/c1-7-6-11(8(2)5-10(7)13)14-19(16,17)9(3)12(15)18-4/h5-6,9,14H,13H2,1-4H3. The van der Waals surface area contributed by atoms with Gasteiger partial charge >= 0.3 is 5.97 Å². The third kappa shape index (κ3) is 3.37. The number of carbonyl (C=O) groups excluding carboxylic acids is 1. The van der Waals surface area contributed by atoms with Gasteiger partial charge in [-0.05, 0) is 44.0 Å². The van der Waals surface area contributed by atoms with Gasteiger partial charge in [0.2, 0.25) is 10.0 Å². The molecule has 0 saturated carbocycles. The molecule has 1 atom stereocenters. The smallest absolute Gasteiger partial charge is 0.325 e. The van der Waals surface area contributed by atoms with Crippen LogP contribution in [0.1, 0.15) is 18.1 Å². The third-order valence-corrected chi connectivity index (χ3v) is 4.49. The molecule has 106 valence electrons. The molecule has 0 aliphatic carbocycles. The van der Waals surface area contributed by atoms with Crippen LogP contribution >= 0.6 is 0 Å². The summed E-state index contributed by atoms with van der Waals surface area (Å²) in [7, 11) is -2.70. The van der Waals surface area contributed by atoms with Crippen molar-refractivity contribution >= 4 is 27.4 Å². The predicted octanol–water partition coefficient (Wildman–Crippen LogP) is 1.19. The first-order valence-electron chi connectivity index (χ1n) is 5.65. The molecular formula is C12H18N2O4S. The number of hydrogen-bond donors (Lipinski definition) is 2. The van der Waals surface area contributed by atoms with Crippen molar-refractivity contribution < 1.29 is 17.9 Å². The van der Waals surface area contributed by atoms with Crippen molar-refractivity contribution in [3.05, 3.63) is 23.3 Å². The van der Waals surface area contributed by atoms with Gasteiger partial charge in [0, 0.05) is 5.69 Å². The monoisotopic (exact) mass is 286 g/mol. The number of nitrogen functional groups attached to an aromatic ring is 1. The quantitative estimate of drug-likeness (QED) is 0.640. The summed E-state index contributed by atoms with van der Waals surface area (Å²) in [6, 6.07) is 3.31. The van der Waals surface area contributed by atoms with Gasteiger partial charge in [-0.1, -0.05) is 0 Å². The van der Waals surface area contributed by atoms with Gasteiger partial charge in [-0.25, -0.2) is 8.42 Å². The molecule has 0 bridgehead atoms. The molecule has 1 unspecified atom stereocenters. The van der Waals surface area contributed by atoms with Crippen LogP contribution in [0.15, 0.2) is 12.1 Å². The number of sulfonamides is 1. The first-order chi connectivity index (χ1) is 8.69. The summed E-state index contributed by atoms with van der Waals surface area (Å²) in [5.41, 5.74) is 8.16. The zero-order chi connectivity index (χ0) is 14.8. The van der Waals surface area contributed by atoms with Gasteiger partial charge in [0.1, 0.15) is 0 Å². The van der Waals surface area contributed by atoms with Crippen LogP contribution in [-0.4, -0.2) is 26.7 Å². The topological polar surface area (TPSA) is 98.5 Å². The fourth-order valence-electron chi connectivity index (χ4n) is 1.48. The summed E-state index contributed by atoms with van der Waals surface area (Å²) in [6.07, 6.45) is 0. The van der Waals surface area contributed by atoms with Gasteiger partial charge in [-0.3, -0.25) is 9.52 Å². The van der Waals surface area contributed by atoms with E-state index in [2.05, 4.69) is 9.46 Å². The highest BCUT2D eigenvalue weighted by Gasteiger charge is 2.29. The Balaban J connectivity index is 3.09. The van der Waals surface area contributed by atoms with Crippen molar-refractivity contribution in [2.45, 2.75) is 26.0 Å². The highest BCUT2D eigenvalue weighted by atomic mass is 32.2. The summed E-state index contributed by atoms with van der Waals surface area (Å²) in [6.45, 7) is 4.78. The van der Waals surface area contributed by atoms with Gasteiger partial charge in [0.05, 0.1) is 12.8 Å². The molecule has 0 amide bonds. The van der Waals surface area contributed by atoms with E-state index in [4.69, 9.17) is 5.73 Å². The summed E-state index contributed by atoms with van der Waals surface area (Å²) in [5, 5.41) is -1.28. The maximum atomic E-state index is 12.0. The molecule has 0 aliphatic heterocycles. The van der Waals surface area contributed by atoms with Gasteiger partial charge in [0.25, 0.3) is 0 Å². The maximum absolute atomic E-state index is 12.0. The Morgan fingerprint density at radius 3 is 2.42 bits per heavy atom. The van der Waals surface area contributed by atoms with Crippen LogP contribution in [0, 0.1) is 13.8 Å². The number of nitrogens with one attached hydrogen (secondary N) is 1. The molecular weight excluding hydrogens is 268 g/mol. The minimum atomic E-state index is -3.84. The Labute approximate surface area is 113 Å². The molecule has 0 saturated heterocycles. The molecule has 0 aromatic heterocycles. The van der Waals surface area contributed by atoms with E-state index < -0.39 is 21.2 Å². The highest BCUT2D eigenvalue weighted by Crippen LogP contribution is 2.23. The van der Waals surface area contributed by atoms with Crippen molar-refractivity contribution in [2.75, 3.05) is 17.6 Å². The van der Waals surface area contributed by atoms with E-state index in [9.17, 15) is 13.2 Å². The Bertz CT molecular complexity index is 596. The number of rotatable bonds is 4. The van der Waals surface area contributed by atoms with E-state index in [0.29, 0.717) is 16.9 Å². The number of carbonyl (C=O) groups is 1. The summed E-state index contributed by atoms with van der Waals surface area (Å²) in [5.74, 6) is -0.808. The lowest BCUT2D eigenvalue weighted by molar-refractivity contribution is -0.139. The largest absolute Gasteiger partial charge is 0.468 e. The average molecular weight is 286 g/mol. The van der Waals surface area contributed by atoms with Crippen LogP contribution in [0.2, 0.25) is 0 Å². The number of ether oxygens (including phenoxy) is 1. The Morgan fingerprint density at radius 2 is 1.89 bits per heavy atom. The van der Waals surface area contributed by atoms with Crippen molar-refractivity contribution in [1.29, 1.82) is 0 Å². The lowest BCUT2D eigenvalue weighted by Gasteiger charge is -2.15. The molecule has 0 aliphatic rings. The van der Waals surface area contributed by atoms with E-state index in [0.717, 1.165) is 12.7 Å². The fourth-order valence-corrected chi connectivity index (χ4v) is 2.54. The van der Waals surface area contributed by atoms with Crippen LogP contribution in [-0.2, 0) is 19.6 Å². The van der Waals surface area contributed by atoms with Gasteiger partial charge in [0.15, 0.2) is 5.25 Å². The van der Waals surface area contributed by atoms with E-state index in [1.807, 2.05) is 0 Å². The highest BCUT2D eigenvalue weighted by molar-refractivity contribution is 7.94. The fraction of sp³-hybridized carbons (Fsp3) is 0.417. The van der Waals surface area contributed by atoms with Crippen molar-refractivity contribution in [1.82, 2.24) is 0 Å². The molecule has 6 nitrogen and oxygen atoms in total. The van der Waals surface area contributed by atoms with Crippen molar-refractivity contribution in [3.8, 4) is 0 Å². The average Bonchev–Trinajstić information content (AvgIpc) is 2.33. The summed E-state index contributed by atoms with van der Waals surface area (Å²) in [4.78, 5) is 11.3. The molecule has 1 aromatic carbocycles. The van der Waals surface area contributed by atoms with Crippen molar-refractivity contribution in [3.63, 3.8) is 0 Å². The Morgan fingerprint density at radius 1 is 1.32 bits per heavy atom. The zero-order valence-corrected chi connectivity index (χ0v) is 12.2. The number of benzene rings is 1. The minimum Gasteiger partial charge on any atom is -0.468 e. The van der Waals surface area contributed by atoms with Gasteiger partial charge in [-0.15, -0.1) is 0 Å². The lowest BCUT2D eigenvalue weighted by Crippen LogP contribution is -2.33.